The minimum atomic E-state index is -0.708. The van der Waals surface area contributed by atoms with Crippen LogP contribution in [0.4, 0.5) is 0 Å². The van der Waals surface area contributed by atoms with Crippen LogP contribution in [0.5, 0.6) is 0 Å². The number of rotatable bonds is 7. The Morgan fingerprint density at radius 3 is 2.67 bits per heavy atom. The first kappa shape index (κ1) is 12.2. The van der Waals surface area contributed by atoms with Crippen LogP contribution in [0.15, 0.2) is 12.7 Å². The van der Waals surface area contributed by atoms with Gasteiger partial charge in [-0.2, -0.15) is 0 Å². The number of hydrogen-bond acceptors (Lipinski definition) is 2. The van der Waals surface area contributed by atoms with E-state index in [-0.39, 0.29) is 6.54 Å². The summed E-state index contributed by atoms with van der Waals surface area (Å²) in [5.41, 5.74) is 0. The first-order valence-corrected chi connectivity index (χ1v) is 5.80. The summed E-state index contributed by atoms with van der Waals surface area (Å²) in [5.74, 6) is -0.708. The molecule has 0 spiro atoms. The van der Waals surface area contributed by atoms with Crippen LogP contribution < -0.4 is 0 Å². The fraction of sp³-hybridized carbons (Fsp3) is 0.750. The highest BCUT2D eigenvalue weighted by Gasteiger charge is 2.23. The zero-order valence-electron chi connectivity index (χ0n) is 9.32. The van der Waals surface area contributed by atoms with Gasteiger partial charge in [-0.1, -0.05) is 18.9 Å². The number of unbranched alkanes of at least 4 members (excludes halogenated alkanes) is 1. The second kappa shape index (κ2) is 6.62. The van der Waals surface area contributed by atoms with Crippen LogP contribution >= 0.6 is 0 Å². The van der Waals surface area contributed by atoms with Gasteiger partial charge in [0.1, 0.15) is 0 Å². The van der Waals surface area contributed by atoms with Crippen molar-refractivity contribution in [3.05, 3.63) is 12.7 Å². The third-order valence-corrected chi connectivity index (χ3v) is 3.03. The smallest absolute Gasteiger partial charge is 0.317 e. The van der Waals surface area contributed by atoms with E-state index in [4.69, 9.17) is 5.11 Å². The normalized spacial score (nSPS) is 17.1. The van der Waals surface area contributed by atoms with Gasteiger partial charge < -0.3 is 5.11 Å². The van der Waals surface area contributed by atoms with Crippen molar-refractivity contribution in [2.24, 2.45) is 0 Å². The number of nitrogens with zero attached hydrogens (tertiary/aromatic N) is 1. The number of allylic oxidation sites excluding steroid dienone is 1. The fourth-order valence-corrected chi connectivity index (χ4v) is 2.27. The molecule has 86 valence electrons. The number of carboxylic acids is 1. The minimum absolute atomic E-state index is 0.196. The van der Waals surface area contributed by atoms with Crippen molar-refractivity contribution < 1.29 is 9.90 Å². The van der Waals surface area contributed by atoms with E-state index < -0.39 is 5.97 Å². The Hall–Kier alpha value is -0.830. The molecule has 1 rings (SSSR count). The van der Waals surface area contributed by atoms with Gasteiger partial charge in [0.25, 0.3) is 0 Å². The minimum Gasteiger partial charge on any atom is -0.480 e. The lowest BCUT2D eigenvalue weighted by molar-refractivity contribution is -0.138. The molecule has 3 heteroatoms. The number of carbonyl (C=O) groups is 1. The molecule has 0 aromatic carbocycles. The number of hydrogen-bond donors (Lipinski definition) is 1. The topological polar surface area (TPSA) is 40.5 Å². The van der Waals surface area contributed by atoms with E-state index in [2.05, 4.69) is 11.5 Å². The number of carboxylic acid groups (broad SMARTS) is 1. The Morgan fingerprint density at radius 1 is 1.47 bits per heavy atom. The highest BCUT2D eigenvalue weighted by Crippen LogP contribution is 2.23. The van der Waals surface area contributed by atoms with Gasteiger partial charge >= 0.3 is 5.97 Å². The molecule has 0 amide bonds. The Bertz CT molecular complexity index is 210. The summed E-state index contributed by atoms with van der Waals surface area (Å²) < 4.78 is 0. The van der Waals surface area contributed by atoms with Gasteiger partial charge in [-0.15, -0.1) is 6.58 Å². The van der Waals surface area contributed by atoms with Crippen molar-refractivity contribution in [1.29, 1.82) is 0 Å². The Balaban J connectivity index is 2.36. The summed E-state index contributed by atoms with van der Waals surface area (Å²) in [6.45, 7) is 4.77. The molecule has 0 bridgehead atoms. The third kappa shape index (κ3) is 4.47. The molecule has 0 saturated heterocycles. The van der Waals surface area contributed by atoms with Crippen LogP contribution in [-0.2, 0) is 4.79 Å². The van der Waals surface area contributed by atoms with Gasteiger partial charge in [0, 0.05) is 6.04 Å². The largest absolute Gasteiger partial charge is 0.480 e. The molecule has 1 saturated carbocycles. The molecule has 0 radical (unpaired) electrons. The average molecular weight is 211 g/mol. The lowest BCUT2D eigenvalue weighted by atomic mass is 10.2. The maximum Gasteiger partial charge on any atom is 0.317 e. The molecular formula is C12H21NO2. The molecule has 0 unspecified atom stereocenters. The van der Waals surface area contributed by atoms with E-state index in [1.165, 1.54) is 25.7 Å². The summed E-state index contributed by atoms with van der Waals surface area (Å²) in [4.78, 5) is 12.9. The first-order chi connectivity index (χ1) is 7.24. The summed E-state index contributed by atoms with van der Waals surface area (Å²) in [7, 11) is 0. The molecule has 1 fully saturated rings. The van der Waals surface area contributed by atoms with Crippen molar-refractivity contribution >= 4 is 5.97 Å². The van der Waals surface area contributed by atoms with Crippen molar-refractivity contribution in [3.8, 4) is 0 Å². The van der Waals surface area contributed by atoms with Crippen LogP contribution in [0.1, 0.15) is 38.5 Å². The molecule has 3 nitrogen and oxygen atoms in total. The van der Waals surface area contributed by atoms with Crippen molar-refractivity contribution in [3.63, 3.8) is 0 Å². The number of aliphatic carboxylic acids is 1. The standard InChI is InChI=1S/C12H21NO2/c1-2-3-6-9-13(10-12(14)15)11-7-4-5-8-11/h2,11H,1,3-10H2,(H,14,15). The zero-order valence-corrected chi connectivity index (χ0v) is 9.32. The maximum absolute atomic E-state index is 10.7. The third-order valence-electron chi connectivity index (χ3n) is 3.03. The fourth-order valence-electron chi connectivity index (χ4n) is 2.27. The molecular weight excluding hydrogens is 190 g/mol. The molecule has 15 heavy (non-hydrogen) atoms. The summed E-state index contributed by atoms with van der Waals surface area (Å²) >= 11 is 0. The molecule has 0 heterocycles. The first-order valence-electron chi connectivity index (χ1n) is 5.80. The maximum atomic E-state index is 10.7. The molecule has 0 aromatic rings. The Morgan fingerprint density at radius 2 is 2.13 bits per heavy atom. The van der Waals surface area contributed by atoms with E-state index in [0.29, 0.717) is 6.04 Å². The van der Waals surface area contributed by atoms with Crippen molar-refractivity contribution in [1.82, 2.24) is 4.90 Å². The molecule has 0 aliphatic heterocycles. The van der Waals surface area contributed by atoms with Gasteiger partial charge in [-0.25, -0.2) is 0 Å². The van der Waals surface area contributed by atoms with E-state index in [0.717, 1.165) is 19.4 Å². The highest BCUT2D eigenvalue weighted by molar-refractivity contribution is 5.69. The second-order valence-electron chi connectivity index (χ2n) is 4.23. The lowest BCUT2D eigenvalue weighted by Crippen LogP contribution is -2.38. The SMILES string of the molecule is C=CCCCN(CC(=O)O)C1CCCC1. The van der Waals surface area contributed by atoms with Crippen LogP contribution in [0.3, 0.4) is 0 Å². The van der Waals surface area contributed by atoms with Crippen molar-refractivity contribution in [2.75, 3.05) is 13.1 Å². The predicted octanol–water partition coefficient (Wildman–Crippen LogP) is 2.28. The molecule has 0 atom stereocenters. The van der Waals surface area contributed by atoms with Gasteiger partial charge in [0.2, 0.25) is 0 Å². The monoisotopic (exact) mass is 211 g/mol. The highest BCUT2D eigenvalue weighted by atomic mass is 16.4. The quantitative estimate of drug-likeness (QED) is 0.519. The van der Waals surface area contributed by atoms with Gasteiger partial charge in [-0.3, -0.25) is 9.69 Å². The zero-order chi connectivity index (χ0) is 11.1. The molecule has 0 aromatic heterocycles. The van der Waals surface area contributed by atoms with Gasteiger partial charge in [-0.05, 0) is 32.2 Å². The van der Waals surface area contributed by atoms with Crippen molar-refractivity contribution in [2.45, 2.75) is 44.6 Å². The molecule has 1 aliphatic carbocycles. The van der Waals surface area contributed by atoms with E-state index in [9.17, 15) is 4.79 Å². The Labute approximate surface area is 91.8 Å². The van der Waals surface area contributed by atoms with E-state index in [1.807, 2.05) is 6.08 Å². The van der Waals surface area contributed by atoms with Crippen LogP contribution in [0.2, 0.25) is 0 Å². The predicted molar refractivity (Wildman–Crippen MR) is 60.9 cm³/mol. The summed E-state index contributed by atoms with van der Waals surface area (Å²) in [6, 6.07) is 0.505. The van der Waals surface area contributed by atoms with Gasteiger partial charge in [0.15, 0.2) is 0 Å². The second-order valence-corrected chi connectivity index (χ2v) is 4.23. The Kier molecular flexibility index (Phi) is 5.40. The van der Waals surface area contributed by atoms with E-state index in [1.54, 1.807) is 0 Å². The summed E-state index contributed by atoms with van der Waals surface area (Å²) in [5, 5.41) is 8.84. The lowest BCUT2D eigenvalue weighted by Gasteiger charge is -2.26. The van der Waals surface area contributed by atoms with Crippen LogP contribution in [0.25, 0.3) is 0 Å². The van der Waals surface area contributed by atoms with Crippen LogP contribution in [-0.4, -0.2) is 35.1 Å². The summed E-state index contributed by atoms with van der Waals surface area (Å²) in [6.07, 6.45) is 8.73. The van der Waals surface area contributed by atoms with E-state index >= 15 is 0 Å². The van der Waals surface area contributed by atoms with Gasteiger partial charge in [0.05, 0.1) is 6.54 Å². The average Bonchev–Trinajstić information content (AvgIpc) is 2.68. The van der Waals surface area contributed by atoms with Crippen LogP contribution in [0, 0.1) is 0 Å². The molecule has 1 aliphatic rings. The molecule has 1 N–H and O–H groups in total.